The van der Waals surface area contributed by atoms with Crippen molar-refractivity contribution in [2.75, 3.05) is 5.32 Å². The van der Waals surface area contributed by atoms with Gasteiger partial charge >= 0.3 is 0 Å². The van der Waals surface area contributed by atoms with E-state index in [-0.39, 0.29) is 5.82 Å². The van der Waals surface area contributed by atoms with Gasteiger partial charge in [-0.1, -0.05) is 23.8 Å². The van der Waals surface area contributed by atoms with Crippen LogP contribution >= 0.6 is 0 Å². The standard InChI is InChI=1S/C16H15FN2/c1-11-3-6-15(17)14(7-11)10-19-16-8-13(9-18)5-4-12(16)2/h3-8,19H,10H2,1-2H3. The summed E-state index contributed by atoms with van der Waals surface area (Å²) in [6, 6.07) is 12.6. The highest BCUT2D eigenvalue weighted by atomic mass is 19.1. The fourth-order valence-electron chi connectivity index (χ4n) is 1.91. The lowest BCUT2D eigenvalue weighted by atomic mass is 10.1. The molecule has 96 valence electrons. The molecular weight excluding hydrogens is 239 g/mol. The quantitative estimate of drug-likeness (QED) is 0.900. The van der Waals surface area contributed by atoms with E-state index in [0.717, 1.165) is 16.8 Å². The maximum absolute atomic E-state index is 13.6. The van der Waals surface area contributed by atoms with Crippen molar-refractivity contribution >= 4 is 5.69 Å². The largest absolute Gasteiger partial charge is 0.381 e. The Kier molecular flexibility index (Phi) is 3.82. The zero-order valence-electron chi connectivity index (χ0n) is 11.0. The van der Waals surface area contributed by atoms with E-state index < -0.39 is 0 Å². The molecule has 2 rings (SSSR count). The number of anilines is 1. The average molecular weight is 254 g/mol. The average Bonchev–Trinajstić information content (AvgIpc) is 2.41. The Hall–Kier alpha value is -2.34. The Labute approximate surface area is 112 Å². The van der Waals surface area contributed by atoms with Crippen LogP contribution in [0.2, 0.25) is 0 Å². The van der Waals surface area contributed by atoms with Gasteiger partial charge in [-0.3, -0.25) is 0 Å². The van der Waals surface area contributed by atoms with Crippen LogP contribution < -0.4 is 5.32 Å². The van der Waals surface area contributed by atoms with Gasteiger partial charge in [0.15, 0.2) is 0 Å². The van der Waals surface area contributed by atoms with E-state index in [2.05, 4.69) is 11.4 Å². The van der Waals surface area contributed by atoms with E-state index in [0.29, 0.717) is 17.7 Å². The molecule has 0 aliphatic rings. The van der Waals surface area contributed by atoms with Gasteiger partial charge in [-0.2, -0.15) is 5.26 Å². The summed E-state index contributed by atoms with van der Waals surface area (Å²) in [6.07, 6.45) is 0. The summed E-state index contributed by atoms with van der Waals surface area (Å²) < 4.78 is 13.6. The first-order valence-electron chi connectivity index (χ1n) is 6.10. The molecule has 0 atom stereocenters. The van der Waals surface area contributed by atoms with Crippen LogP contribution in [0.25, 0.3) is 0 Å². The number of nitrogens with zero attached hydrogens (tertiary/aromatic N) is 1. The van der Waals surface area contributed by atoms with Crippen molar-refractivity contribution in [2.45, 2.75) is 20.4 Å². The number of aryl methyl sites for hydroxylation is 2. The lowest BCUT2D eigenvalue weighted by Gasteiger charge is -2.11. The van der Waals surface area contributed by atoms with Gasteiger partial charge in [0.2, 0.25) is 0 Å². The van der Waals surface area contributed by atoms with Crippen molar-refractivity contribution in [3.63, 3.8) is 0 Å². The minimum Gasteiger partial charge on any atom is -0.381 e. The number of benzene rings is 2. The van der Waals surface area contributed by atoms with Crippen molar-refractivity contribution in [3.8, 4) is 6.07 Å². The smallest absolute Gasteiger partial charge is 0.128 e. The number of rotatable bonds is 3. The van der Waals surface area contributed by atoms with Crippen LogP contribution in [-0.4, -0.2) is 0 Å². The highest BCUT2D eigenvalue weighted by molar-refractivity contribution is 5.55. The lowest BCUT2D eigenvalue weighted by Crippen LogP contribution is -2.03. The molecule has 0 fully saturated rings. The van der Waals surface area contributed by atoms with Gasteiger partial charge in [-0.25, -0.2) is 4.39 Å². The van der Waals surface area contributed by atoms with Crippen LogP contribution in [-0.2, 0) is 6.54 Å². The molecule has 0 spiro atoms. The van der Waals surface area contributed by atoms with Crippen LogP contribution in [0.1, 0.15) is 22.3 Å². The summed E-state index contributed by atoms with van der Waals surface area (Å²) in [6.45, 7) is 4.30. The summed E-state index contributed by atoms with van der Waals surface area (Å²) in [4.78, 5) is 0. The van der Waals surface area contributed by atoms with Gasteiger partial charge in [0, 0.05) is 17.8 Å². The second-order valence-corrected chi connectivity index (χ2v) is 4.59. The molecule has 0 radical (unpaired) electrons. The zero-order chi connectivity index (χ0) is 13.8. The van der Waals surface area contributed by atoms with Crippen LogP contribution in [0.4, 0.5) is 10.1 Å². The Balaban J connectivity index is 2.19. The molecular formula is C16H15FN2. The third kappa shape index (κ3) is 3.11. The van der Waals surface area contributed by atoms with Crippen molar-refractivity contribution in [1.82, 2.24) is 0 Å². The van der Waals surface area contributed by atoms with Crippen molar-refractivity contribution in [1.29, 1.82) is 5.26 Å². The minimum absolute atomic E-state index is 0.216. The SMILES string of the molecule is Cc1ccc(F)c(CNc2cc(C#N)ccc2C)c1. The number of hydrogen-bond donors (Lipinski definition) is 1. The van der Waals surface area contributed by atoms with Crippen molar-refractivity contribution in [2.24, 2.45) is 0 Å². The van der Waals surface area contributed by atoms with Gasteiger partial charge in [0.05, 0.1) is 11.6 Å². The molecule has 2 nitrogen and oxygen atoms in total. The van der Waals surface area contributed by atoms with E-state index in [1.54, 1.807) is 18.2 Å². The fourth-order valence-corrected chi connectivity index (χ4v) is 1.91. The Bertz CT molecular complexity index is 642. The second kappa shape index (κ2) is 5.53. The maximum Gasteiger partial charge on any atom is 0.128 e. The molecule has 2 aromatic carbocycles. The maximum atomic E-state index is 13.6. The number of halogens is 1. The second-order valence-electron chi connectivity index (χ2n) is 4.59. The summed E-state index contributed by atoms with van der Waals surface area (Å²) in [5.41, 5.74) is 4.15. The Morgan fingerprint density at radius 1 is 1.16 bits per heavy atom. The van der Waals surface area contributed by atoms with E-state index in [1.807, 2.05) is 26.0 Å². The topological polar surface area (TPSA) is 35.8 Å². The molecule has 0 aliphatic heterocycles. The third-order valence-electron chi connectivity index (χ3n) is 3.04. The fraction of sp³-hybridized carbons (Fsp3) is 0.188. The monoisotopic (exact) mass is 254 g/mol. The van der Waals surface area contributed by atoms with Crippen molar-refractivity contribution < 1.29 is 4.39 Å². The molecule has 0 bridgehead atoms. The third-order valence-corrected chi connectivity index (χ3v) is 3.04. The predicted molar refractivity (Wildman–Crippen MR) is 74.4 cm³/mol. The molecule has 0 aliphatic carbocycles. The Morgan fingerprint density at radius 2 is 1.95 bits per heavy atom. The molecule has 0 aromatic heterocycles. The van der Waals surface area contributed by atoms with Crippen LogP contribution in [0, 0.1) is 31.0 Å². The summed E-state index contributed by atoms with van der Waals surface area (Å²) in [7, 11) is 0. The van der Waals surface area contributed by atoms with Gasteiger partial charge in [-0.15, -0.1) is 0 Å². The summed E-state index contributed by atoms with van der Waals surface area (Å²) >= 11 is 0. The lowest BCUT2D eigenvalue weighted by molar-refractivity contribution is 0.612. The Morgan fingerprint density at radius 3 is 2.68 bits per heavy atom. The molecule has 1 N–H and O–H groups in total. The first-order chi connectivity index (χ1) is 9.10. The van der Waals surface area contributed by atoms with Crippen molar-refractivity contribution in [3.05, 3.63) is 64.5 Å². The van der Waals surface area contributed by atoms with Crippen LogP contribution in [0.5, 0.6) is 0 Å². The first kappa shape index (κ1) is 13.1. The van der Waals surface area contributed by atoms with E-state index >= 15 is 0 Å². The molecule has 19 heavy (non-hydrogen) atoms. The van der Waals surface area contributed by atoms with Gasteiger partial charge in [-0.05, 0) is 37.6 Å². The van der Waals surface area contributed by atoms with E-state index in [9.17, 15) is 4.39 Å². The normalized spacial score (nSPS) is 10.0. The number of hydrogen-bond acceptors (Lipinski definition) is 2. The molecule has 0 saturated heterocycles. The van der Waals surface area contributed by atoms with E-state index in [1.165, 1.54) is 6.07 Å². The molecule has 3 heteroatoms. The van der Waals surface area contributed by atoms with E-state index in [4.69, 9.17) is 5.26 Å². The van der Waals surface area contributed by atoms with Gasteiger partial charge in [0.1, 0.15) is 5.82 Å². The first-order valence-corrected chi connectivity index (χ1v) is 6.10. The highest BCUT2D eigenvalue weighted by Gasteiger charge is 2.04. The molecule has 2 aromatic rings. The summed E-state index contributed by atoms with van der Waals surface area (Å²) in [5, 5.41) is 12.1. The van der Waals surface area contributed by atoms with Gasteiger partial charge in [0.25, 0.3) is 0 Å². The molecule has 0 saturated carbocycles. The predicted octanol–water partition coefficient (Wildman–Crippen LogP) is 3.93. The van der Waals surface area contributed by atoms with Crippen LogP contribution in [0.3, 0.4) is 0 Å². The zero-order valence-corrected chi connectivity index (χ0v) is 11.0. The minimum atomic E-state index is -0.216. The van der Waals surface area contributed by atoms with Crippen LogP contribution in [0.15, 0.2) is 36.4 Å². The number of nitriles is 1. The molecule has 0 heterocycles. The molecule has 0 amide bonds. The van der Waals surface area contributed by atoms with Gasteiger partial charge < -0.3 is 5.32 Å². The summed E-state index contributed by atoms with van der Waals surface area (Å²) in [5.74, 6) is -0.216. The number of nitrogens with one attached hydrogen (secondary N) is 1. The highest BCUT2D eigenvalue weighted by Crippen LogP contribution is 2.18. The molecule has 0 unspecified atom stereocenters.